The van der Waals surface area contributed by atoms with E-state index in [1.165, 1.54) is 17.4 Å². The van der Waals surface area contributed by atoms with Crippen molar-refractivity contribution in [3.05, 3.63) is 41.2 Å². The Balaban J connectivity index is 1.42. The molecule has 1 atom stereocenters. The molecule has 2 N–H and O–H groups in total. The van der Waals surface area contributed by atoms with Gasteiger partial charge in [-0.15, -0.1) is 11.3 Å². The van der Waals surface area contributed by atoms with Crippen LogP contribution in [0.25, 0.3) is 0 Å². The van der Waals surface area contributed by atoms with Crippen LogP contribution in [0.1, 0.15) is 25.5 Å². The Bertz CT molecular complexity index is 846. The molecule has 0 saturated carbocycles. The molecule has 0 aliphatic carbocycles. The summed E-state index contributed by atoms with van der Waals surface area (Å²) in [5.41, 5.74) is 7.00. The maximum atomic E-state index is 14.3. The summed E-state index contributed by atoms with van der Waals surface area (Å²) in [7, 11) is 0. The second-order valence-corrected chi connectivity index (χ2v) is 9.04. The quantitative estimate of drug-likeness (QED) is 0.851. The third kappa shape index (κ3) is 3.78. The number of halogens is 1. The van der Waals surface area contributed by atoms with E-state index in [9.17, 15) is 9.18 Å². The lowest BCUT2D eigenvalue weighted by Crippen LogP contribution is -2.57. The Morgan fingerprint density at radius 1 is 1.32 bits per heavy atom. The van der Waals surface area contributed by atoms with Gasteiger partial charge in [0.25, 0.3) is 0 Å². The SMILES string of the molecule is CC1CN(c2ccccc2F)CC2(CCN(CCc3csc(N)n3)CC2)C1=O. The van der Waals surface area contributed by atoms with Gasteiger partial charge >= 0.3 is 0 Å². The minimum Gasteiger partial charge on any atom is -0.375 e. The number of carbonyl (C=O) groups excluding carboxylic acids is 1. The molecule has 3 heterocycles. The Morgan fingerprint density at radius 3 is 2.75 bits per heavy atom. The predicted molar refractivity (Wildman–Crippen MR) is 111 cm³/mol. The van der Waals surface area contributed by atoms with Crippen LogP contribution < -0.4 is 10.6 Å². The van der Waals surface area contributed by atoms with Gasteiger partial charge in [0.1, 0.15) is 11.6 Å². The topological polar surface area (TPSA) is 62.5 Å². The molecule has 2 aliphatic heterocycles. The molecular formula is C21H27FN4OS. The second-order valence-electron chi connectivity index (χ2n) is 8.15. The average Bonchev–Trinajstić information content (AvgIpc) is 3.11. The number of aromatic nitrogens is 1. The third-order valence-electron chi connectivity index (χ3n) is 6.22. The number of nitrogens with zero attached hydrogens (tertiary/aromatic N) is 3. The summed E-state index contributed by atoms with van der Waals surface area (Å²) in [4.78, 5) is 21.9. The van der Waals surface area contributed by atoms with E-state index in [2.05, 4.69) is 14.8 Å². The van der Waals surface area contributed by atoms with Gasteiger partial charge in [0.05, 0.1) is 11.4 Å². The molecule has 0 radical (unpaired) electrons. The fourth-order valence-corrected chi connectivity index (χ4v) is 5.25. The van der Waals surface area contributed by atoms with Crippen molar-refractivity contribution in [3.63, 3.8) is 0 Å². The number of nitrogens with two attached hydrogens (primary N) is 1. The smallest absolute Gasteiger partial charge is 0.180 e. The summed E-state index contributed by atoms with van der Waals surface area (Å²) < 4.78 is 14.3. The summed E-state index contributed by atoms with van der Waals surface area (Å²) >= 11 is 1.48. The van der Waals surface area contributed by atoms with Crippen molar-refractivity contribution in [3.8, 4) is 0 Å². The molecule has 1 spiro atoms. The molecule has 1 unspecified atom stereocenters. The number of carbonyl (C=O) groups is 1. The van der Waals surface area contributed by atoms with E-state index in [1.54, 1.807) is 6.07 Å². The largest absolute Gasteiger partial charge is 0.375 e. The van der Waals surface area contributed by atoms with Crippen LogP contribution >= 0.6 is 11.3 Å². The highest BCUT2D eigenvalue weighted by Gasteiger charge is 2.47. The molecule has 150 valence electrons. The summed E-state index contributed by atoms with van der Waals surface area (Å²) in [6, 6.07) is 6.89. The van der Waals surface area contributed by atoms with Crippen LogP contribution in [0.3, 0.4) is 0 Å². The predicted octanol–water partition coefficient (Wildman–Crippen LogP) is 3.21. The maximum Gasteiger partial charge on any atom is 0.180 e. The highest BCUT2D eigenvalue weighted by atomic mass is 32.1. The first kappa shape index (κ1) is 19.3. The van der Waals surface area contributed by atoms with E-state index >= 15 is 0 Å². The van der Waals surface area contributed by atoms with Crippen LogP contribution in [0, 0.1) is 17.2 Å². The number of benzene rings is 1. The van der Waals surface area contributed by atoms with Gasteiger partial charge in [0, 0.05) is 42.8 Å². The molecule has 28 heavy (non-hydrogen) atoms. The van der Waals surface area contributed by atoms with E-state index in [4.69, 9.17) is 5.73 Å². The number of rotatable bonds is 4. The van der Waals surface area contributed by atoms with E-state index < -0.39 is 0 Å². The monoisotopic (exact) mass is 402 g/mol. The summed E-state index contributed by atoms with van der Waals surface area (Å²) in [6.07, 6.45) is 2.55. The summed E-state index contributed by atoms with van der Waals surface area (Å²) in [5, 5.41) is 2.63. The number of Topliss-reactive ketones (excluding diaryl/α,β-unsaturated/α-hetero) is 1. The number of para-hydroxylation sites is 1. The Labute approximate surface area is 169 Å². The van der Waals surface area contributed by atoms with Crippen molar-refractivity contribution in [1.82, 2.24) is 9.88 Å². The normalized spacial score (nSPS) is 22.7. The fraction of sp³-hybridized carbons (Fsp3) is 0.524. The van der Waals surface area contributed by atoms with Crippen molar-refractivity contribution < 1.29 is 9.18 Å². The van der Waals surface area contributed by atoms with Crippen molar-refractivity contribution in [2.24, 2.45) is 11.3 Å². The fourth-order valence-electron chi connectivity index (χ4n) is 4.66. The van der Waals surface area contributed by atoms with Gasteiger partial charge in [-0.05, 0) is 38.1 Å². The highest BCUT2D eigenvalue weighted by Crippen LogP contribution is 2.41. The molecule has 7 heteroatoms. The molecule has 2 saturated heterocycles. The molecule has 5 nitrogen and oxygen atoms in total. The molecule has 4 rings (SSSR count). The first-order chi connectivity index (χ1) is 13.5. The van der Waals surface area contributed by atoms with Gasteiger partial charge in [-0.1, -0.05) is 19.1 Å². The Hall–Kier alpha value is -1.99. The Morgan fingerprint density at radius 2 is 2.07 bits per heavy atom. The standard InChI is InChI=1S/C21H27FN4OS/c1-15-12-26(18-5-3-2-4-17(18)22)14-21(19(15)27)7-10-25(11-8-21)9-6-16-13-28-20(23)24-16/h2-5,13,15H,6-12,14H2,1H3,(H2,23,24). The molecule has 1 aromatic heterocycles. The highest BCUT2D eigenvalue weighted by molar-refractivity contribution is 7.13. The maximum absolute atomic E-state index is 14.3. The number of thiazole rings is 1. The average molecular weight is 403 g/mol. The van der Waals surface area contributed by atoms with Crippen LogP contribution in [-0.4, -0.2) is 48.4 Å². The minimum atomic E-state index is -0.360. The molecular weight excluding hydrogens is 375 g/mol. The number of piperidine rings is 2. The van der Waals surface area contributed by atoms with Gasteiger partial charge in [-0.25, -0.2) is 9.37 Å². The number of hydrogen-bond donors (Lipinski definition) is 1. The number of hydrogen-bond acceptors (Lipinski definition) is 6. The van der Waals surface area contributed by atoms with E-state index in [1.807, 2.05) is 24.4 Å². The zero-order chi connectivity index (χ0) is 19.7. The van der Waals surface area contributed by atoms with Gasteiger partial charge in [0.2, 0.25) is 0 Å². The first-order valence-electron chi connectivity index (χ1n) is 9.93. The van der Waals surface area contributed by atoms with Gasteiger partial charge in [-0.3, -0.25) is 4.79 Å². The lowest BCUT2D eigenvalue weighted by molar-refractivity contribution is -0.136. The van der Waals surface area contributed by atoms with Crippen LogP contribution in [-0.2, 0) is 11.2 Å². The number of nitrogen functional groups attached to an aromatic ring is 1. The van der Waals surface area contributed by atoms with Gasteiger partial charge in [0.15, 0.2) is 5.13 Å². The first-order valence-corrected chi connectivity index (χ1v) is 10.8. The zero-order valence-corrected chi connectivity index (χ0v) is 17.1. The third-order valence-corrected chi connectivity index (χ3v) is 6.94. The minimum absolute atomic E-state index is 0.0714. The molecule has 1 aromatic carbocycles. The molecule has 2 aromatic rings. The number of ketones is 1. The molecule has 2 fully saturated rings. The summed E-state index contributed by atoms with van der Waals surface area (Å²) in [5.74, 6) is 0.0732. The number of likely N-dealkylation sites (tertiary alicyclic amines) is 1. The van der Waals surface area contributed by atoms with E-state index in [-0.39, 0.29) is 17.2 Å². The van der Waals surface area contributed by atoms with Crippen molar-refractivity contribution in [2.75, 3.05) is 43.4 Å². The van der Waals surface area contributed by atoms with E-state index in [0.717, 1.165) is 44.6 Å². The van der Waals surface area contributed by atoms with Crippen LogP contribution in [0.5, 0.6) is 0 Å². The molecule has 2 aliphatic rings. The van der Waals surface area contributed by atoms with Crippen LogP contribution in [0.4, 0.5) is 15.2 Å². The molecule has 0 amide bonds. The number of anilines is 2. The molecule has 0 bridgehead atoms. The van der Waals surface area contributed by atoms with Crippen molar-refractivity contribution in [2.45, 2.75) is 26.2 Å². The van der Waals surface area contributed by atoms with Crippen molar-refractivity contribution >= 4 is 27.9 Å². The lowest BCUT2D eigenvalue weighted by Gasteiger charge is -2.49. The Kier molecular flexibility index (Phi) is 5.38. The van der Waals surface area contributed by atoms with E-state index in [0.29, 0.717) is 29.7 Å². The van der Waals surface area contributed by atoms with Gasteiger partial charge < -0.3 is 15.5 Å². The van der Waals surface area contributed by atoms with Gasteiger partial charge in [-0.2, -0.15) is 0 Å². The van der Waals surface area contributed by atoms with Crippen molar-refractivity contribution in [1.29, 1.82) is 0 Å². The zero-order valence-electron chi connectivity index (χ0n) is 16.2. The lowest BCUT2D eigenvalue weighted by atomic mass is 9.68. The second kappa shape index (κ2) is 7.79. The van der Waals surface area contributed by atoms with Crippen LogP contribution in [0.2, 0.25) is 0 Å². The summed E-state index contributed by atoms with van der Waals surface area (Å²) in [6.45, 7) is 5.91. The van der Waals surface area contributed by atoms with Crippen LogP contribution in [0.15, 0.2) is 29.6 Å².